The predicted octanol–water partition coefficient (Wildman–Crippen LogP) is 0.332. The minimum atomic E-state index is -3.09. The lowest BCUT2D eigenvalue weighted by atomic mass is 9.81. The van der Waals surface area contributed by atoms with Crippen LogP contribution in [0.1, 0.15) is 19.8 Å². The number of rotatable bonds is 2. The van der Waals surface area contributed by atoms with Crippen molar-refractivity contribution in [2.75, 3.05) is 12.9 Å². The summed E-state index contributed by atoms with van der Waals surface area (Å²) in [6, 6.07) is 2.06. The van der Waals surface area contributed by atoms with Gasteiger partial charge >= 0.3 is 0 Å². The molecule has 1 fully saturated rings. The van der Waals surface area contributed by atoms with Crippen LogP contribution in [0.15, 0.2) is 0 Å². The summed E-state index contributed by atoms with van der Waals surface area (Å²) in [4.78, 5) is 0. The number of sulfone groups is 1. The Morgan fingerprint density at radius 3 is 2.43 bits per heavy atom. The molecule has 0 radical (unpaired) electrons. The van der Waals surface area contributed by atoms with E-state index in [9.17, 15) is 8.42 Å². The molecule has 4 nitrogen and oxygen atoms in total. The fraction of sp³-hybridized carbons (Fsp3) is 0.889. The quantitative estimate of drug-likeness (QED) is 0.723. The van der Waals surface area contributed by atoms with E-state index in [0.29, 0.717) is 6.42 Å². The Balaban J connectivity index is 2.95. The highest BCUT2D eigenvalue weighted by molar-refractivity contribution is 7.91. The zero-order chi connectivity index (χ0) is 11.0. The molecule has 0 amide bonds. The zero-order valence-corrected chi connectivity index (χ0v) is 9.21. The number of hydrogen-bond acceptors (Lipinski definition) is 4. The van der Waals surface area contributed by atoms with Gasteiger partial charge in [0.1, 0.15) is 9.84 Å². The van der Waals surface area contributed by atoms with Crippen LogP contribution in [0.25, 0.3) is 0 Å². The van der Waals surface area contributed by atoms with Gasteiger partial charge in [0.25, 0.3) is 0 Å². The molecule has 1 aliphatic carbocycles. The highest BCUT2D eigenvalue weighted by Gasteiger charge is 2.48. The number of hydrogen-bond donors (Lipinski definition) is 1. The third-order valence-corrected chi connectivity index (χ3v) is 4.83. The van der Waals surface area contributed by atoms with Crippen LogP contribution in [-0.4, -0.2) is 31.6 Å². The van der Waals surface area contributed by atoms with E-state index in [-0.39, 0.29) is 18.9 Å². The third kappa shape index (κ3) is 1.77. The summed E-state index contributed by atoms with van der Waals surface area (Å²) in [6.07, 6.45) is 1.93. The summed E-state index contributed by atoms with van der Waals surface area (Å²) in [5, 5.41) is 17.7. The first-order chi connectivity index (χ1) is 6.35. The van der Waals surface area contributed by atoms with E-state index in [0.717, 1.165) is 0 Å². The molecule has 0 bridgehead atoms. The molecule has 3 atom stereocenters. The fourth-order valence-electron chi connectivity index (χ4n) is 2.05. The number of aliphatic hydroxyl groups excluding tert-OH is 1. The third-order valence-electron chi connectivity index (χ3n) is 3.26. The molecule has 1 rings (SSSR count). The van der Waals surface area contributed by atoms with Gasteiger partial charge in [0.2, 0.25) is 0 Å². The van der Waals surface area contributed by atoms with Gasteiger partial charge in [0.15, 0.2) is 0 Å². The van der Waals surface area contributed by atoms with Crippen molar-refractivity contribution in [1.29, 1.82) is 5.26 Å². The molecular weight excluding hydrogens is 202 g/mol. The van der Waals surface area contributed by atoms with Crippen LogP contribution in [0.5, 0.6) is 0 Å². The summed E-state index contributed by atoms with van der Waals surface area (Å²) < 4.78 is 22.6. The van der Waals surface area contributed by atoms with E-state index in [1.54, 1.807) is 0 Å². The molecule has 0 heterocycles. The molecule has 1 N–H and O–H groups in total. The van der Waals surface area contributed by atoms with Gasteiger partial charge in [0.05, 0.1) is 23.3 Å². The second-order valence-corrected chi connectivity index (χ2v) is 6.54. The molecule has 5 heteroatoms. The second kappa shape index (κ2) is 3.52. The molecular formula is C9H15NO3S. The van der Waals surface area contributed by atoms with Gasteiger partial charge < -0.3 is 5.11 Å². The van der Waals surface area contributed by atoms with Crippen LogP contribution < -0.4 is 0 Å². The standard InChI is InChI=1S/C9H15NO3S/c1-7-3-8(14(2,12)13)4-9(7,5-10)6-11/h7-8,11H,3-4,6H2,1-2H3/t7-,8+,9+/m1/s1. The van der Waals surface area contributed by atoms with Gasteiger partial charge in [-0.3, -0.25) is 0 Å². The van der Waals surface area contributed by atoms with Crippen LogP contribution in [0, 0.1) is 22.7 Å². The minimum Gasteiger partial charge on any atom is -0.395 e. The predicted molar refractivity (Wildman–Crippen MR) is 52.2 cm³/mol. The molecule has 1 saturated carbocycles. The van der Waals surface area contributed by atoms with Crippen molar-refractivity contribution < 1.29 is 13.5 Å². The number of aliphatic hydroxyl groups is 1. The van der Waals surface area contributed by atoms with Crippen molar-refractivity contribution in [2.24, 2.45) is 11.3 Å². The summed E-state index contributed by atoms with van der Waals surface area (Å²) >= 11 is 0. The molecule has 0 saturated heterocycles. The minimum absolute atomic E-state index is 0.0581. The Labute approximate surface area is 84.5 Å². The van der Waals surface area contributed by atoms with E-state index in [4.69, 9.17) is 10.4 Å². The van der Waals surface area contributed by atoms with Crippen molar-refractivity contribution in [3.8, 4) is 6.07 Å². The first-order valence-electron chi connectivity index (χ1n) is 4.56. The van der Waals surface area contributed by atoms with E-state index >= 15 is 0 Å². The highest BCUT2D eigenvalue weighted by Crippen LogP contribution is 2.44. The maximum atomic E-state index is 11.3. The van der Waals surface area contributed by atoms with Gasteiger partial charge in [0, 0.05) is 6.26 Å². The lowest BCUT2D eigenvalue weighted by Gasteiger charge is -2.22. The molecule has 0 aromatic carbocycles. The smallest absolute Gasteiger partial charge is 0.150 e. The molecule has 14 heavy (non-hydrogen) atoms. The monoisotopic (exact) mass is 217 g/mol. The van der Waals surface area contributed by atoms with Gasteiger partial charge in [-0.25, -0.2) is 8.42 Å². The molecule has 80 valence electrons. The lowest BCUT2D eigenvalue weighted by molar-refractivity contribution is 0.144. The van der Waals surface area contributed by atoms with E-state index in [1.807, 2.05) is 6.92 Å². The van der Waals surface area contributed by atoms with E-state index < -0.39 is 20.5 Å². The molecule has 0 aliphatic heterocycles. The Bertz CT molecular complexity index is 357. The maximum absolute atomic E-state index is 11.3. The average molecular weight is 217 g/mol. The first kappa shape index (κ1) is 11.5. The molecule has 0 unspecified atom stereocenters. The van der Waals surface area contributed by atoms with Crippen molar-refractivity contribution in [2.45, 2.75) is 25.0 Å². The summed E-state index contributed by atoms with van der Waals surface area (Å²) in [5.41, 5.74) is -0.853. The van der Waals surface area contributed by atoms with Crippen molar-refractivity contribution in [1.82, 2.24) is 0 Å². The Hall–Kier alpha value is -0.600. The first-order valence-corrected chi connectivity index (χ1v) is 6.52. The van der Waals surface area contributed by atoms with Gasteiger partial charge in [-0.05, 0) is 18.8 Å². The Kier molecular flexibility index (Phi) is 2.88. The Morgan fingerprint density at radius 2 is 2.21 bits per heavy atom. The van der Waals surface area contributed by atoms with Crippen LogP contribution in [0.2, 0.25) is 0 Å². The topological polar surface area (TPSA) is 78.2 Å². The second-order valence-electron chi connectivity index (χ2n) is 4.22. The number of nitrogens with zero attached hydrogens (tertiary/aromatic N) is 1. The largest absolute Gasteiger partial charge is 0.395 e. The van der Waals surface area contributed by atoms with Gasteiger partial charge in [-0.1, -0.05) is 6.92 Å². The summed E-state index contributed by atoms with van der Waals surface area (Å²) in [6.45, 7) is 1.57. The van der Waals surface area contributed by atoms with Crippen molar-refractivity contribution >= 4 is 9.84 Å². The highest BCUT2D eigenvalue weighted by atomic mass is 32.2. The van der Waals surface area contributed by atoms with Crippen molar-refractivity contribution in [3.05, 3.63) is 0 Å². The molecule has 0 aromatic rings. The fourth-order valence-corrected chi connectivity index (χ4v) is 3.29. The summed E-state index contributed by atoms with van der Waals surface area (Å²) in [5.74, 6) is -0.0581. The lowest BCUT2D eigenvalue weighted by Crippen LogP contribution is -2.27. The van der Waals surface area contributed by atoms with Crippen molar-refractivity contribution in [3.63, 3.8) is 0 Å². The molecule has 0 spiro atoms. The van der Waals surface area contributed by atoms with Crippen LogP contribution in [0.3, 0.4) is 0 Å². The van der Waals surface area contributed by atoms with Crippen LogP contribution in [-0.2, 0) is 9.84 Å². The van der Waals surface area contributed by atoms with Crippen LogP contribution in [0.4, 0.5) is 0 Å². The normalized spacial score (nSPS) is 38.1. The molecule has 0 aromatic heterocycles. The van der Waals surface area contributed by atoms with Gasteiger partial charge in [-0.15, -0.1) is 0 Å². The number of nitriles is 1. The Morgan fingerprint density at radius 1 is 1.64 bits per heavy atom. The molecule has 1 aliphatic rings. The average Bonchev–Trinajstić information content (AvgIpc) is 2.43. The van der Waals surface area contributed by atoms with E-state index in [1.165, 1.54) is 6.26 Å². The van der Waals surface area contributed by atoms with E-state index in [2.05, 4.69) is 6.07 Å². The maximum Gasteiger partial charge on any atom is 0.150 e. The summed E-state index contributed by atoms with van der Waals surface area (Å²) in [7, 11) is -3.09. The zero-order valence-electron chi connectivity index (χ0n) is 8.40. The van der Waals surface area contributed by atoms with Gasteiger partial charge in [-0.2, -0.15) is 5.26 Å². The van der Waals surface area contributed by atoms with Crippen LogP contribution >= 0.6 is 0 Å². The SMILES string of the molecule is C[C@@H]1C[C@H](S(C)(=O)=O)C[C@]1(C#N)CO.